The van der Waals surface area contributed by atoms with Gasteiger partial charge in [0.2, 0.25) is 5.91 Å². The lowest BCUT2D eigenvalue weighted by atomic mass is 9.71. The second-order valence-corrected chi connectivity index (χ2v) is 5.89. The number of hydrogen-bond donors (Lipinski definition) is 3. The van der Waals surface area contributed by atoms with E-state index < -0.39 is 11.4 Å². The normalized spacial score (nSPS) is 25.3. The summed E-state index contributed by atoms with van der Waals surface area (Å²) in [7, 11) is 0. The van der Waals surface area contributed by atoms with E-state index >= 15 is 0 Å². The van der Waals surface area contributed by atoms with Crippen molar-refractivity contribution in [1.82, 2.24) is 5.32 Å². The number of phenolic OH excluding ortho intramolecular Hbond substituents is 1. The number of phenols is 1. The number of carbonyl (C=O) groups excluding carboxylic acids is 1. The van der Waals surface area contributed by atoms with Crippen LogP contribution in [0.2, 0.25) is 0 Å². The maximum atomic E-state index is 12.1. The van der Waals surface area contributed by atoms with Crippen LogP contribution in [0.3, 0.4) is 0 Å². The van der Waals surface area contributed by atoms with Crippen molar-refractivity contribution in [2.24, 2.45) is 5.41 Å². The third kappa shape index (κ3) is 3.35. The third-order valence-corrected chi connectivity index (χ3v) is 4.37. The van der Waals surface area contributed by atoms with Gasteiger partial charge in [-0.2, -0.15) is 0 Å². The molecule has 1 aliphatic rings. The van der Waals surface area contributed by atoms with Crippen molar-refractivity contribution < 1.29 is 19.8 Å². The first kappa shape index (κ1) is 15.4. The lowest BCUT2D eigenvalue weighted by Crippen LogP contribution is -2.52. The molecule has 5 heteroatoms. The average Bonchev–Trinajstić information content (AvgIpc) is 2.44. The number of rotatable bonds is 4. The van der Waals surface area contributed by atoms with E-state index in [1.807, 2.05) is 0 Å². The molecular weight excluding hydrogens is 270 g/mol. The molecule has 1 aromatic carbocycles. The molecule has 2 rings (SSSR count). The summed E-state index contributed by atoms with van der Waals surface area (Å²) in [6.07, 6.45) is 3.09. The average molecular weight is 291 g/mol. The van der Waals surface area contributed by atoms with Crippen molar-refractivity contribution in [2.75, 3.05) is 0 Å². The minimum absolute atomic E-state index is 0.0544. The molecule has 0 spiro atoms. The Morgan fingerprint density at radius 3 is 2.71 bits per heavy atom. The van der Waals surface area contributed by atoms with Gasteiger partial charge in [-0.05, 0) is 25.8 Å². The fourth-order valence-corrected chi connectivity index (χ4v) is 2.90. The van der Waals surface area contributed by atoms with Gasteiger partial charge in [-0.3, -0.25) is 9.59 Å². The molecule has 3 N–H and O–H groups in total. The van der Waals surface area contributed by atoms with E-state index in [9.17, 15) is 19.8 Å². The van der Waals surface area contributed by atoms with Crippen LogP contribution in [0.15, 0.2) is 24.3 Å². The van der Waals surface area contributed by atoms with Crippen LogP contribution < -0.4 is 5.32 Å². The van der Waals surface area contributed by atoms with Gasteiger partial charge in [-0.1, -0.05) is 31.0 Å². The van der Waals surface area contributed by atoms with E-state index in [1.165, 1.54) is 6.07 Å². The molecule has 0 bridgehead atoms. The molecule has 2 atom stereocenters. The fraction of sp³-hybridized carbons (Fsp3) is 0.500. The summed E-state index contributed by atoms with van der Waals surface area (Å²) >= 11 is 0. The molecule has 21 heavy (non-hydrogen) atoms. The Hall–Kier alpha value is -2.04. The van der Waals surface area contributed by atoms with Crippen LogP contribution >= 0.6 is 0 Å². The van der Waals surface area contributed by atoms with Crippen LogP contribution in [0.25, 0.3) is 0 Å². The highest BCUT2D eigenvalue weighted by Gasteiger charge is 2.43. The van der Waals surface area contributed by atoms with E-state index in [1.54, 1.807) is 25.1 Å². The summed E-state index contributed by atoms with van der Waals surface area (Å²) in [6, 6.07) is 6.31. The van der Waals surface area contributed by atoms with Crippen molar-refractivity contribution in [3.63, 3.8) is 0 Å². The largest absolute Gasteiger partial charge is 0.508 e. The SMILES string of the molecule is CC1(C(=O)O)CCCCC1NC(=O)Cc1ccccc1O. The Labute approximate surface area is 124 Å². The smallest absolute Gasteiger partial charge is 0.311 e. The predicted molar refractivity (Wildman–Crippen MR) is 78.0 cm³/mol. The van der Waals surface area contributed by atoms with Crippen LogP contribution in [0, 0.1) is 5.41 Å². The number of carboxylic acid groups (broad SMARTS) is 1. The van der Waals surface area contributed by atoms with Gasteiger partial charge in [0.15, 0.2) is 0 Å². The van der Waals surface area contributed by atoms with Gasteiger partial charge in [0, 0.05) is 11.6 Å². The van der Waals surface area contributed by atoms with Gasteiger partial charge in [-0.25, -0.2) is 0 Å². The molecule has 1 saturated carbocycles. The molecule has 0 heterocycles. The number of nitrogens with one attached hydrogen (secondary N) is 1. The van der Waals surface area contributed by atoms with E-state index in [2.05, 4.69) is 5.32 Å². The number of benzene rings is 1. The summed E-state index contributed by atoms with van der Waals surface area (Å²) in [5, 5.41) is 21.9. The first-order valence-corrected chi connectivity index (χ1v) is 7.23. The first-order valence-electron chi connectivity index (χ1n) is 7.23. The number of para-hydroxylation sites is 1. The Bertz CT molecular complexity index is 543. The van der Waals surface area contributed by atoms with Crippen molar-refractivity contribution >= 4 is 11.9 Å². The van der Waals surface area contributed by atoms with Crippen molar-refractivity contribution in [2.45, 2.75) is 45.1 Å². The third-order valence-electron chi connectivity index (χ3n) is 4.37. The van der Waals surface area contributed by atoms with Crippen LogP contribution in [0.1, 0.15) is 38.2 Å². The molecule has 0 radical (unpaired) electrons. The van der Waals surface area contributed by atoms with Crippen LogP contribution in [0.4, 0.5) is 0 Å². The zero-order valence-corrected chi connectivity index (χ0v) is 12.1. The highest BCUT2D eigenvalue weighted by molar-refractivity contribution is 5.82. The molecule has 2 unspecified atom stereocenters. The number of aliphatic carboxylic acids is 1. The van der Waals surface area contributed by atoms with Gasteiger partial charge < -0.3 is 15.5 Å². The number of carbonyl (C=O) groups is 2. The molecule has 114 valence electrons. The van der Waals surface area contributed by atoms with Gasteiger partial charge in [0.05, 0.1) is 11.8 Å². The molecular formula is C16H21NO4. The van der Waals surface area contributed by atoms with Gasteiger partial charge >= 0.3 is 5.97 Å². The monoisotopic (exact) mass is 291 g/mol. The summed E-state index contributed by atoms with van der Waals surface area (Å²) in [5.41, 5.74) is -0.366. The van der Waals surface area contributed by atoms with Crippen LogP contribution in [-0.4, -0.2) is 28.1 Å². The number of hydrogen-bond acceptors (Lipinski definition) is 3. The molecule has 1 aromatic rings. The number of amides is 1. The zero-order valence-electron chi connectivity index (χ0n) is 12.1. The van der Waals surface area contributed by atoms with E-state index in [0.29, 0.717) is 18.4 Å². The maximum Gasteiger partial charge on any atom is 0.311 e. The van der Waals surface area contributed by atoms with E-state index in [4.69, 9.17) is 0 Å². The molecule has 1 amide bonds. The summed E-state index contributed by atoms with van der Waals surface area (Å²) in [5.74, 6) is -1.04. The quantitative estimate of drug-likeness (QED) is 0.792. The topological polar surface area (TPSA) is 86.6 Å². The number of aromatic hydroxyl groups is 1. The Morgan fingerprint density at radius 1 is 1.33 bits per heavy atom. The predicted octanol–water partition coefficient (Wildman–Crippen LogP) is 2.08. The second-order valence-electron chi connectivity index (χ2n) is 5.89. The first-order chi connectivity index (χ1) is 9.93. The molecule has 5 nitrogen and oxygen atoms in total. The Kier molecular flexibility index (Phi) is 4.50. The summed E-state index contributed by atoms with van der Waals surface area (Å²) in [6.45, 7) is 1.69. The molecule has 0 aromatic heterocycles. The minimum atomic E-state index is -0.910. The molecule has 1 fully saturated rings. The summed E-state index contributed by atoms with van der Waals surface area (Å²) in [4.78, 5) is 23.6. The van der Waals surface area contributed by atoms with E-state index in [0.717, 1.165) is 12.8 Å². The minimum Gasteiger partial charge on any atom is -0.508 e. The van der Waals surface area contributed by atoms with Crippen molar-refractivity contribution in [3.8, 4) is 5.75 Å². The van der Waals surface area contributed by atoms with Gasteiger partial charge in [0.25, 0.3) is 0 Å². The molecule has 0 aliphatic heterocycles. The Morgan fingerprint density at radius 2 is 2.05 bits per heavy atom. The van der Waals surface area contributed by atoms with Crippen LogP contribution in [-0.2, 0) is 16.0 Å². The van der Waals surface area contributed by atoms with Gasteiger partial charge in [-0.15, -0.1) is 0 Å². The second kappa shape index (κ2) is 6.16. The van der Waals surface area contributed by atoms with Crippen molar-refractivity contribution in [1.29, 1.82) is 0 Å². The van der Waals surface area contributed by atoms with E-state index in [-0.39, 0.29) is 24.1 Å². The molecule has 0 saturated heterocycles. The highest BCUT2D eigenvalue weighted by atomic mass is 16.4. The van der Waals surface area contributed by atoms with Crippen molar-refractivity contribution in [3.05, 3.63) is 29.8 Å². The zero-order chi connectivity index (χ0) is 15.5. The lowest BCUT2D eigenvalue weighted by Gasteiger charge is -2.38. The highest BCUT2D eigenvalue weighted by Crippen LogP contribution is 2.36. The lowest BCUT2D eigenvalue weighted by molar-refractivity contribution is -0.152. The Balaban J connectivity index is 2.04. The molecule has 1 aliphatic carbocycles. The van der Waals surface area contributed by atoms with Gasteiger partial charge in [0.1, 0.15) is 5.75 Å². The summed E-state index contributed by atoms with van der Waals surface area (Å²) < 4.78 is 0. The maximum absolute atomic E-state index is 12.1. The van der Waals surface area contributed by atoms with Crippen LogP contribution in [0.5, 0.6) is 5.75 Å². The fourth-order valence-electron chi connectivity index (χ4n) is 2.90. The standard InChI is InChI=1S/C16H21NO4/c1-16(15(20)21)9-5-4-8-13(16)17-14(19)10-11-6-2-3-7-12(11)18/h2-3,6-7,13,18H,4-5,8-10H2,1H3,(H,17,19)(H,20,21). The number of carboxylic acids is 1.